The van der Waals surface area contributed by atoms with Crippen LogP contribution in [0.1, 0.15) is 45.4 Å². The van der Waals surface area contributed by atoms with Crippen LogP contribution in [-0.2, 0) is 14.3 Å². The van der Waals surface area contributed by atoms with Crippen LogP contribution in [0.15, 0.2) is 0 Å². The molecule has 18 heavy (non-hydrogen) atoms. The Labute approximate surface area is 110 Å². The first kappa shape index (κ1) is 13.8. The van der Waals surface area contributed by atoms with Crippen LogP contribution in [0.25, 0.3) is 0 Å². The van der Waals surface area contributed by atoms with E-state index in [9.17, 15) is 4.79 Å². The fourth-order valence-corrected chi connectivity index (χ4v) is 2.82. The highest BCUT2D eigenvalue weighted by molar-refractivity contribution is 5.76. The van der Waals surface area contributed by atoms with Gasteiger partial charge in [0.2, 0.25) is 5.91 Å². The normalized spacial score (nSPS) is 25.6. The van der Waals surface area contributed by atoms with Crippen molar-refractivity contribution in [3.63, 3.8) is 0 Å². The number of ether oxygens (including phenoxy) is 2. The topological polar surface area (TPSA) is 38.8 Å². The molecule has 104 valence electrons. The lowest BCUT2D eigenvalue weighted by molar-refractivity contribution is -0.134. The Morgan fingerprint density at radius 3 is 2.72 bits per heavy atom. The zero-order chi connectivity index (χ0) is 12.8. The van der Waals surface area contributed by atoms with Gasteiger partial charge in [0, 0.05) is 32.7 Å². The van der Waals surface area contributed by atoms with E-state index in [1.165, 1.54) is 0 Å². The molecule has 0 aromatic heterocycles. The van der Waals surface area contributed by atoms with E-state index in [1.54, 1.807) is 0 Å². The number of piperidine rings is 1. The predicted octanol–water partition coefficient (Wildman–Crippen LogP) is 1.97. The van der Waals surface area contributed by atoms with Crippen LogP contribution >= 0.6 is 0 Å². The summed E-state index contributed by atoms with van der Waals surface area (Å²) in [6, 6.07) is 0. The summed E-state index contributed by atoms with van der Waals surface area (Å²) in [7, 11) is 0. The average molecular weight is 255 g/mol. The van der Waals surface area contributed by atoms with Gasteiger partial charge < -0.3 is 14.4 Å². The predicted molar refractivity (Wildman–Crippen MR) is 69.4 cm³/mol. The van der Waals surface area contributed by atoms with Crippen LogP contribution in [0, 0.1) is 0 Å². The molecule has 0 N–H and O–H groups in total. The fraction of sp³-hybridized carbons (Fsp3) is 0.929. The molecule has 0 saturated carbocycles. The minimum atomic E-state index is 0.292. The van der Waals surface area contributed by atoms with E-state index in [4.69, 9.17) is 9.47 Å². The minimum absolute atomic E-state index is 0.292. The van der Waals surface area contributed by atoms with Crippen molar-refractivity contribution in [2.75, 3.05) is 26.3 Å². The number of likely N-dealkylation sites (tertiary alicyclic amines) is 1. The lowest BCUT2D eigenvalue weighted by Gasteiger charge is -2.32. The van der Waals surface area contributed by atoms with Crippen molar-refractivity contribution >= 4 is 5.91 Å². The van der Waals surface area contributed by atoms with Crippen molar-refractivity contribution in [1.29, 1.82) is 0 Å². The van der Waals surface area contributed by atoms with Gasteiger partial charge in [-0.2, -0.15) is 0 Å². The molecule has 2 aliphatic rings. The molecule has 2 rings (SSSR count). The average Bonchev–Trinajstić information content (AvgIpc) is 2.90. The summed E-state index contributed by atoms with van der Waals surface area (Å²) >= 11 is 0. The largest absolute Gasteiger partial charge is 0.378 e. The zero-order valence-electron chi connectivity index (χ0n) is 11.4. The molecule has 0 aromatic carbocycles. The third-order valence-corrected chi connectivity index (χ3v) is 3.90. The van der Waals surface area contributed by atoms with E-state index in [-0.39, 0.29) is 0 Å². The van der Waals surface area contributed by atoms with Crippen LogP contribution in [0.4, 0.5) is 0 Å². The maximum absolute atomic E-state index is 12.0. The highest BCUT2D eigenvalue weighted by atomic mass is 16.5. The van der Waals surface area contributed by atoms with Crippen molar-refractivity contribution in [3.8, 4) is 0 Å². The molecular formula is C14H25NO3. The Morgan fingerprint density at radius 2 is 2.11 bits per heavy atom. The molecule has 4 heteroatoms. The summed E-state index contributed by atoms with van der Waals surface area (Å²) in [5, 5.41) is 0. The monoisotopic (exact) mass is 255 g/mol. The summed E-state index contributed by atoms with van der Waals surface area (Å²) in [5.41, 5.74) is 0. The Balaban J connectivity index is 1.64. The lowest BCUT2D eigenvalue weighted by atomic mass is 10.1. The standard InChI is InChI=1S/C14H25NO3/c1-2-17-13-7-9-15(10-8-13)14(16)6-5-12-4-3-11-18-12/h12-13H,2-11H2,1H3. The van der Waals surface area contributed by atoms with Gasteiger partial charge in [-0.25, -0.2) is 0 Å². The summed E-state index contributed by atoms with van der Waals surface area (Å²) in [4.78, 5) is 14.0. The number of carbonyl (C=O) groups excluding carboxylic acids is 1. The molecule has 0 radical (unpaired) electrons. The first-order chi connectivity index (χ1) is 8.79. The van der Waals surface area contributed by atoms with Gasteiger partial charge in [-0.3, -0.25) is 4.79 Å². The van der Waals surface area contributed by atoms with Crippen LogP contribution in [-0.4, -0.2) is 49.3 Å². The summed E-state index contributed by atoms with van der Waals surface area (Å²) in [6.07, 6.45) is 6.47. The van der Waals surface area contributed by atoms with E-state index >= 15 is 0 Å². The molecule has 2 heterocycles. The van der Waals surface area contributed by atoms with Gasteiger partial charge in [-0.05, 0) is 39.0 Å². The highest BCUT2D eigenvalue weighted by Gasteiger charge is 2.24. The number of hydrogen-bond donors (Lipinski definition) is 0. The Bertz CT molecular complexity index is 256. The van der Waals surface area contributed by atoms with Gasteiger partial charge >= 0.3 is 0 Å². The van der Waals surface area contributed by atoms with Gasteiger partial charge in [-0.15, -0.1) is 0 Å². The van der Waals surface area contributed by atoms with Crippen LogP contribution in [0.3, 0.4) is 0 Å². The Kier molecular flexibility index (Phi) is 5.45. The molecule has 2 saturated heterocycles. The van der Waals surface area contributed by atoms with Crippen molar-refractivity contribution in [2.24, 2.45) is 0 Å². The first-order valence-electron chi connectivity index (χ1n) is 7.30. The second-order valence-corrected chi connectivity index (χ2v) is 5.21. The zero-order valence-corrected chi connectivity index (χ0v) is 11.4. The molecule has 2 aliphatic heterocycles. The second-order valence-electron chi connectivity index (χ2n) is 5.21. The van der Waals surface area contributed by atoms with Crippen LogP contribution < -0.4 is 0 Å². The van der Waals surface area contributed by atoms with Crippen molar-refractivity contribution in [3.05, 3.63) is 0 Å². The van der Waals surface area contributed by atoms with E-state index in [0.29, 0.717) is 24.5 Å². The molecule has 1 atom stereocenters. The lowest BCUT2D eigenvalue weighted by Crippen LogP contribution is -2.41. The SMILES string of the molecule is CCOC1CCN(C(=O)CCC2CCCO2)CC1. The van der Waals surface area contributed by atoms with Gasteiger partial charge in [0.1, 0.15) is 0 Å². The third-order valence-electron chi connectivity index (χ3n) is 3.90. The third kappa shape index (κ3) is 3.95. The van der Waals surface area contributed by atoms with Crippen molar-refractivity contribution in [1.82, 2.24) is 4.90 Å². The van der Waals surface area contributed by atoms with Gasteiger partial charge in [0.15, 0.2) is 0 Å². The summed E-state index contributed by atoms with van der Waals surface area (Å²) in [6.45, 7) is 5.39. The van der Waals surface area contributed by atoms with Crippen molar-refractivity contribution < 1.29 is 14.3 Å². The fourth-order valence-electron chi connectivity index (χ4n) is 2.82. The smallest absolute Gasteiger partial charge is 0.222 e. The molecule has 1 unspecified atom stereocenters. The molecule has 0 bridgehead atoms. The van der Waals surface area contributed by atoms with Crippen LogP contribution in [0.5, 0.6) is 0 Å². The molecular weight excluding hydrogens is 230 g/mol. The van der Waals surface area contributed by atoms with E-state index in [0.717, 1.165) is 58.4 Å². The molecule has 0 spiro atoms. The molecule has 0 aromatic rings. The molecule has 1 amide bonds. The maximum Gasteiger partial charge on any atom is 0.222 e. The number of nitrogens with zero attached hydrogens (tertiary/aromatic N) is 1. The van der Waals surface area contributed by atoms with Crippen LogP contribution in [0.2, 0.25) is 0 Å². The number of carbonyl (C=O) groups is 1. The summed E-state index contributed by atoms with van der Waals surface area (Å²) < 4.78 is 11.1. The number of rotatable bonds is 5. The van der Waals surface area contributed by atoms with Crippen molar-refractivity contribution in [2.45, 2.75) is 57.7 Å². The Hall–Kier alpha value is -0.610. The molecule has 0 aliphatic carbocycles. The summed E-state index contributed by atoms with van der Waals surface area (Å²) in [5.74, 6) is 0.292. The highest BCUT2D eigenvalue weighted by Crippen LogP contribution is 2.19. The number of hydrogen-bond acceptors (Lipinski definition) is 3. The van der Waals surface area contributed by atoms with Gasteiger partial charge in [0.25, 0.3) is 0 Å². The first-order valence-corrected chi connectivity index (χ1v) is 7.30. The van der Waals surface area contributed by atoms with E-state index < -0.39 is 0 Å². The van der Waals surface area contributed by atoms with E-state index in [2.05, 4.69) is 0 Å². The van der Waals surface area contributed by atoms with E-state index in [1.807, 2.05) is 11.8 Å². The quantitative estimate of drug-likeness (QED) is 0.754. The second kappa shape index (κ2) is 7.10. The maximum atomic E-state index is 12.0. The minimum Gasteiger partial charge on any atom is -0.378 e. The van der Waals surface area contributed by atoms with Gasteiger partial charge in [0.05, 0.1) is 12.2 Å². The molecule has 4 nitrogen and oxygen atoms in total. The Morgan fingerprint density at radius 1 is 1.33 bits per heavy atom. The number of amides is 1. The molecule has 2 fully saturated rings. The van der Waals surface area contributed by atoms with Gasteiger partial charge in [-0.1, -0.05) is 0 Å².